The van der Waals surface area contributed by atoms with Crippen LogP contribution in [-0.4, -0.2) is 12.1 Å². The Kier molecular flexibility index (Phi) is 2.28. The maximum atomic E-state index is 11.2. The van der Waals surface area contributed by atoms with Crippen LogP contribution in [-0.2, 0) is 10.2 Å². The van der Waals surface area contributed by atoms with E-state index in [2.05, 4.69) is 29.4 Å². The number of para-hydroxylation sites is 1. The van der Waals surface area contributed by atoms with Crippen LogP contribution in [0.15, 0.2) is 29.3 Å². The van der Waals surface area contributed by atoms with Crippen LogP contribution in [0.4, 0.5) is 5.69 Å². The first kappa shape index (κ1) is 10.5. The van der Waals surface area contributed by atoms with Crippen LogP contribution < -0.4 is 5.73 Å². The smallest absolute Gasteiger partial charge is 0.220 e. The molecule has 1 heterocycles. The van der Waals surface area contributed by atoms with E-state index in [0.29, 0.717) is 0 Å². The first-order valence-corrected chi connectivity index (χ1v) is 6.15. The van der Waals surface area contributed by atoms with Gasteiger partial charge in [-0.05, 0) is 37.3 Å². The molecule has 0 aromatic heterocycles. The molecule has 0 saturated heterocycles. The van der Waals surface area contributed by atoms with E-state index in [1.165, 1.54) is 5.56 Å². The lowest BCUT2D eigenvalue weighted by Gasteiger charge is -2.34. The maximum Gasteiger partial charge on any atom is 0.220 e. The molecule has 1 aliphatic carbocycles. The van der Waals surface area contributed by atoms with Crippen molar-refractivity contribution >= 4 is 17.8 Å². The predicted octanol–water partition coefficient (Wildman–Crippen LogP) is 2.32. The van der Waals surface area contributed by atoms with Gasteiger partial charge in [0.1, 0.15) is 0 Å². The summed E-state index contributed by atoms with van der Waals surface area (Å²) < 4.78 is 0. The van der Waals surface area contributed by atoms with E-state index in [-0.39, 0.29) is 17.2 Å². The summed E-state index contributed by atoms with van der Waals surface area (Å²) in [7, 11) is 0. The number of nitrogens with zero attached hydrogens (tertiary/aromatic N) is 1. The maximum absolute atomic E-state index is 11.2. The van der Waals surface area contributed by atoms with E-state index in [9.17, 15) is 4.79 Å². The third kappa shape index (κ3) is 1.57. The Hall–Kier alpha value is -1.64. The molecule has 1 aromatic carbocycles. The normalized spacial score (nSPS) is 30.5. The van der Waals surface area contributed by atoms with Crippen LogP contribution in [0.3, 0.4) is 0 Å². The summed E-state index contributed by atoms with van der Waals surface area (Å²) >= 11 is 0. The third-order valence-corrected chi connectivity index (χ3v) is 4.17. The third-order valence-electron chi connectivity index (χ3n) is 4.17. The molecule has 2 N–H and O–H groups in total. The van der Waals surface area contributed by atoms with Crippen molar-refractivity contribution in [2.45, 2.75) is 31.1 Å². The van der Waals surface area contributed by atoms with E-state index >= 15 is 0 Å². The number of primary amides is 1. The van der Waals surface area contributed by atoms with Gasteiger partial charge in [0.15, 0.2) is 0 Å². The molecular weight excluding hydrogens is 212 g/mol. The minimum absolute atomic E-state index is 0.0572. The van der Waals surface area contributed by atoms with Crippen LogP contribution in [0.2, 0.25) is 0 Å². The summed E-state index contributed by atoms with van der Waals surface area (Å²) in [6, 6.07) is 8.30. The van der Waals surface area contributed by atoms with Gasteiger partial charge in [-0.2, -0.15) is 0 Å². The Balaban J connectivity index is 1.87. The summed E-state index contributed by atoms with van der Waals surface area (Å²) in [5.74, 6) is -0.0927. The fourth-order valence-corrected chi connectivity index (χ4v) is 3.09. The van der Waals surface area contributed by atoms with Crippen molar-refractivity contribution in [1.29, 1.82) is 0 Å². The Morgan fingerprint density at radius 2 is 2.00 bits per heavy atom. The second-order valence-electron chi connectivity index (χ2n) is 5.11. The van der Waals surface area contributed by atoms with Crippen molar-refractivity contribution in [3.05, 3.63) is 29.8 Å². The number of benzene rings is 1. The van der Waals surface area contributed by atoms with E-state index in [1.54, 1.807) is 0 Å². The van der Waals surface area contributed by atoms with Crippen LogP contribution >= 0.6 is 0 Å². The quantitative estimate of drug-likeness (QED) is 0.788. The first-order valence-electron chi connectivity index (χ1n) is 6.15. The van der Waals surface area contributed by atoms with Crippen molar-refractivity contribution in [3.8, 4) is 0 Å². The molecule has 2 aliphatic rings. The predicted molar refractivity (Wildman–Crippen MR) is 67.4 cm³/mol. The number of fused-ring (bicyclic) bond motifs is 2. The molecule has 1 spiro atoms. The van der Waals surface area contributed by atoms with E-state index in [1.807, 2.05) is 6.07 Å². The minimum Gasteiger partial charge on any atom is -0.369 e. The van der Waals surface area contributed by atoms with Gasteiger partial charge in [0.05, 0.1) is 5.69 Å². The highest BCUT2D eigenvalue weighted by Crippen LogP contribution is 2.47. The Labute approximate surface area is 101 Å². The first-order chi connectivity index (χ1) is 8.21. The topological polar surface area (TPSA) is 55.5 Å². The van der Waals surface area contributed by atoms with Crippen molar-refractivity contribution in [3.63, 3.8) is 0 Å². The molecule has 17 heavy (non-hydrogen) atoms. The minimum atomic E-state index is -0.150. The number of rotatable bonds is 1. The van der Waals surface area contributed by atoms with Crippen molar-refractivity contribution in [2.24, 2.45) is 16.6 Å². The van der Waals surface area contributed by atoms with E-state index < -0.39 is 0 Å². The molecule has 1 aliphatic heterocycles. The summed E-state index contributed by atoms with van der Waals surface area (Å²) in [4.78, 5) is 15.7. The number of carbonyl (C=O) groups excluding carboxylic acids is 1. The molecule has 1 aromatic rings. The number of hydrogen-bond acceptors (Lipinski definition) is 2. The summed E-state index contributed by atoms with van der Waals surface area (Å²) in [6.45, 7) is 0. The zero-order valence-corrected chi connectivity index (χ0v) is 9.73. The SMILES string of the molecule is NC(=O)C1CCC2(C=Nc3ccccc32)CC1. The molecule has 0 unspecified atom stereocenters. The van der Waals surface area contributed by atoms with Crippen LogP contribution in [0.5, 0.6) is 0 Å². The Morgan fingerprint density at radius 3 is 2.71 bits per heavy atom. The number of aliphatic imine (C=N–C) groups is 1. The highest BCUT2D eigenvalue weighted by molar-refractivity contribution is 5.86. The number of carbonyl (C=O) groups is 1. The van der Waals surface area contributed by atoms with Crippen molar-refractivity contribution in [1.82, 2.24) is 0 Å². The zero-order valence-electron chi connectivity index (χ0n) is 9.73. The summed E-state index contributed by atoms with van der Waals surface area (Å²) in [5.41, 5.74) is 7.86. The molecule has 3 heteroatoms. The van der Waals surface area contributed by atoms with Crippen molar-refractivity contribution in [2.75, 3.05) is 0 Å². The van der Waals surface area contributed by atoms with Crippen molar-refractivity contribution < 1.29 is 4.79 Å². The lowest BCUT2D eigenvalue weighted by molar-refractivity contribution is -0.122. The average Bonchev–Trinajstić information content (AvgIpc) is 2.70. The van der Waals surface area contributed by atoms with Gasteiger partial charge in [-0.25, -0.2) is 0 Å². The van der Waals surface area contributed by atoms with Gasteiger partial charge in [0.25, 0.3) is 0 Å². The van der Waals surface area contributed by atoms with Gasteiger partial charge in [-0.15, -0.1) is 0 Å². The average molecular weight is 228 g/mol. The molecule has 0 atom stereocenters. The summed E-state index contributed by atoms with van der Waals surface area (Å²) in [6.07, 6.45) is 5.82. The van der Waals surface area contributed by atoms with Crippen LogP contribution in [0, 0.1) is 5.92 Å². The largest absolute Gasteiger partial charge is 0.369 e. The Bertz CT molecular complexity index is 485. The van der Waals surface area contributed by atoms with Crippen LogP contribution in [0.1, 0.15) is 31.2 Å². The van der Waals surface area contributed by atoms with E-state index in [0.717, 1.165) is 31.4 Å². The fraction of sp³-hybridized carbons (Fsp3) is 0.429. The molecule has 1 fully saturated rings. The Morgan fingerprint density at radius 1 is 1.29 bits per heavy atom. The standard InChI is InChI=1S/C14H16N2O/c15-13(17)10-5-7-14(8-6-10)9-16-12-4-2-1-3-11(12)14/h1-4,9-10H,5-8H2,(H2,15,17). The lowest BCUT2D eigenvalue weighted by atomic mass is 9.68. The highest BCUT2D eigenvalue weighted by atomic mass is 16.1. The molecule has 0 bridgehead atoms. The van der Waals surface area contributed by atoms with Gasteiger partial charge in [-0.1, -0.05) is 18.2 Å². The molecule has 1 saturated carbocycles. The highest BCUT2D eigenvalue weighted by Gasteiger charge is 2.40. The van der Waals surface area contributed by atoms with Crippen LogP contribution in [0.25, 0.3) is 0 Å². The second-order valence-corrected chi connectivity index (χ2v) is 5.11. The molecule has 3 nitrogen and oxygen atoms in total. The van der Waals surface area contributed by atoms with Gasteiger partial charge >= 0.3 is 0 Å². The molecule has 3 rings (SSSR count). The molecular formula is C14H16N2O. The van der Waals surface area contributed by atoms with Gasteiger partial charge in [-0.3, -0.25) is 9.79 Å². The molecule has 88 valence electrons. The van der Waals surface area contributed by atoms with Gasteiger partial charge in [0.2, 0.25) is 5.91 Å². The fourth-order valence-electron chi connectivity index (χ4n) is 3.09. The lowest BCUT2D eigenvalue weighted by Crippen LogP contribution is -2.36. The summed E-state index contributed by atoms with van der Waals surface area (Å²) in [5, 5.41) is 0. The van der Waals surface area contributed by atoms with Gasteiger partial charge < -0.3 is 5.73 Å². The van der Waals surface area contributed by atoms with Gasteiger partial charge in [0, 0.05) is 17.5 Å². The second kappa shape index (κ2) is 3.69. The number of amides is 1. The van der Waals surface area contributed by atoms with E-state index in [4.69, 9.17) is 5.73 Å². The molecule has 1 amide bonds. The monoisotopic (exact) mass is 228 g/mol. The number of nitrogens with two attached hydrogens (primary N) is 1. The number of hydrogen-bond donors (Lipinski definition) is 1. The zero-order chi connectivity index (χ0) is 11.9. The molecule has 0 radical (unpaired) electrons.